The van der Waals surface area contributed by atoms with E-state index in [-0.39, 0.29) is 24.1 Å². The Morgan fingerprint density at radius 3 is 2.54 bits per heavy atom. The molecule has 1 aliphatic rings. The van der Waals surface area contributed by atoms with Crippen LogP contribution >= 0.6 is 11.6 Å². The molecule has 0 bridgehead atoms. The first-order valence-electron chi connectivity index (χ1n) is 8.91. The minimum atomic E-state index is -0.895. The molecule has 1 saturated heterocycles. The largest absolute Gasteiger partial charge is 0.481 e. The lowest BCUT2D eigenvalue weighted by Crippen LogP contribution is -2.30. The fraction of sp³-hybridized carbons (Fsp3) is 0.190. The summed E-state index contributed by atoms with van der Waals surface area (Å²) < 4.78 is 1.58. The van der Waals surface area contributed by atoms with E-state index in [9.17, 15) is 14.7 Å². The number of hydrogen-bond acceptors (Lipinski definition) is 3. The number of benzene rings is 2. The molecular weight excluding hydrogens is 378 g/mol. The van der Waals surface area contributed by atoms with Crippen molar-refractivity contribution in [2.75, 3.05) is 13.1 Å². The van der Waals surface area contributed by atoms with Gasteiger partial charge in [-0.25, -0.2) is 4.68 Å². The van der Waals surface area contributed by atoms with Crippen molar-refractivity contribution in [3.63, 3.8) is 0 Å². The van der Waals surface area contributed by atoms with Crippen molar-refractivity contribution in [1.29, 1.82) is 0 Å². The normalized spacial score (nSPS) is 19.0. The number of nitrogens with zero attached hydrogens (tertiary/aromatic N) is 3. The van der Waals surface area contributed by atoms with E-state index in [2.05, 4.69) is 5.10 Å². The zero-order valence-corrected chi connectivity index (χ0v) is 15.7. The molecule has 2 atom stereocenters. The third-order valence-electron chi connectivity index (χ3n) is 5.03. The summed E-state index contributed by atoms with van der Waals surface area (Å²) in [7, 11) is 0. The van der Waals surface area contributed by atoms with Gasteiger partial charge in [0.2, 0.25) is 0 Å². The molecule has 1 amide bonds. The molecule has 6 nitrogen and oxygen atoms in total. The average molecular weight is 396 g/mol. The van der Waals surface area contributed by atoms with Gasteiger partial charge in [-0.2, -0.15) is 5.10 Å². The van der Waals surface area contributed by atoms with E-state index in [4.69, 9.17) is 11.6 Å². The highest BCUT2D eigenvalue weighted by molar-refractivity contribution is 6.30. The van der Waals surface area contributed by atoms with Crippen LogP contribution in [0, 0.1) is 5.92 Å². The molecule has 142 valence electrons. The standard InChI is InChI=1S/C21H18ClN3O3/c22-15-7-4-8-16(11-15)25-10-9-19(23-25)20(26)24-12-17(18(13-24)21(27)28)14-5-2-1-3-6-14/h1-11,17-18H,12-13H2,(H,27,28)/t17-,18+/m0/s1. The van der Waals surface area contributed by atoms with Crippen LogP contribution < -0.4 is 0 Å². The number of rotatable bonds is 4. The van der Waals surface area contributed by atoms with E-state index in [1.54, 1.807) is 34.0 Å². The zero-order valence-electron chi connectivity index (χ0n) is 14.9. The van der Waals surface area contributed by atoms with Crippen molar-refractivity contribution in [1.82, 2.24) is 14.7 Å². The lowest BCUT2D eigenvalue weighted by Gasteiger charge is -2.15. The Hall–Kier alpha value is -3.12. The highest BCUT2D eigenvalue weighted by atomic mass is 35.5. The zero-order chi connectivity index (χ0) is 19.7. The molecule has 1 fully saturated rings. The van der Waals surface area contributed by atoms with Crippen LogP contribution in [0.2, 0.25) is 5.02 Å². The molecule has 2 heterocycles. The molecule has 1 aliphatic heterocycles. The van der Waals surface area contributed by atoms with Crippen LogP contribution in [0.4, 0.5) is 0 Å². The number of carboxylic acids is 1. The maximum atomic E-state index is 12.9. The molecule has 1 N–H and O–H groups in total. The highest BCUT2D eigenvalue weighted by Crippen LogP contribution is 2.33. The summed E-state index contributed by atoms with van der Waals surface area (Å²) in [6.45, 7) is 0.515. The van der Waals surface area contributed by atoms with Gasteiger partial charge in [0, 0.05) is 30.2 Å². The molecule has 2 aromatic carbocycles. The molecule has 0 spiro atoms. The second kappa shape index (κ2) is 7.48. The summed E-state index contributed by atoms with van der Waals surface area (Å²) in [5.74, 6) is -2.04. The number of aromatic nitrogens is 2. The Balaban J connectivity index is 1.56. The monoisotopic (exact) mass is 395 g/mol. The smallest absolute Gasteiger partial charge is 0.308 e. The van der Waals surface area contributed by atoms with Gasteiger partial charge in [-0.15, -0.1) is 0 Å². The highest BCUT2D eigenvalue weighted by Gasteiger charge is 2.41. The Bertz CT molecular complexity index is 1020. The molecule has 28 heavy (non-hydrogen) atoms. The maximum Gasteiger partial charge on any atom is 0.308 e. The lowest BCUT2D eigenvalue weighted by molar-refractivity contribution is -0.141. The van der Waals surface area contributed by atoms with Crippen LogP contribution in [0.1, 0.15) is 22.0 Å². The summed E-state index contributed by atoms with van der Waals surface area (Å²) in [4.78, 5) is 26.2. The third kappa shape index (κ3) is 3.51. The van der Waals surface area contributed by atoms with Crippen molar-refractivity contribution >= 4 is 23.5 Å². The quantitative estimate of drug-likeness (QED) is 0.734. The number of hydrogen-bond donors (Lipinski definition) is 1. The average Bonchev–Trinajstić information content (AvgIpc) is 3.36. The Labute approximate surface area is 167 Å². The van der Waals surface area contributed by atoms with E-state index in [0.29, 0.717) is 11.6 Å². The first-order valence-corrected chi connectivity index (χ1v) is 9.29. The van der Waals surface area contributed by atoms with Crippen LogP contribution in [0.25, 0.3) is 5.69 Å². The molecule has 0 saturated carbocycles. The van der Waals surface area contributed by atoms with Crippen molar-refractivity contribution in [2.24, 2.45) is 5.92 Å². The number of carboxylic acid groups (broad SMARTS) is 1. The number of aliphatic carboxylic acids is 1. The van der Waals surface area contributed by atoms with E-state index >= 15 is 0 Å². The Kier molecular flexibility index (Phi) is 4.88. The lowest BCUT2D eigenvalue weighted by atomic mass is 9.89. The summed E-state index contributed by atoms with van der Waals surface area (Å²) in [5, 5.41) is 14.6. The summed E-state index contributed by atoms with van der Waals surface area (Å²) >= 11 is 6.02. The van der Waals surface area contributed by atoms with Gasteiger partial charge in [0.05, 0.1) is 11.6 Å². The predicted molar refractivity (Wildman–Crippen MR) is 105 cm³/mol. The van der Waals surface area contributed by atoms with Crippen LogP contribution in [0.5, 0.6) is 0 Å². The van der Waals surface area contributed by atoms with Crippen molar-refractivity contribution in [3.05, 3.63) is 83.1 Å². The van der Waals surface area contributed by atoms with Crippen molar-refractivity contribution in [2.45, 2.75) is 5.92 Å². The van der Waals surface area contributed by atoms with E-state index in [1.165, 1.54) is 0 Å². The number of amides is 1. The molecule has 7 heteroatoms. The third-order valence-corrected chi connectivity index (χ3v) is 5.27. The van der Waals surface area contributed by atoms with Gasteiger partial charge in [-0.3, -0.25) is 9.59 Å². The number of halogens is 1. The second-order valence-electron chi connectivity index (χ2n) is 6.80. The molecule has 1 aromatic heterocycles. The fourth-order valence-electron chi connectivity index (χ4n) is 3.62. The van der Waals surface area contributed by atoms with Crippen LogP contribution in [-0.4, -0.2) is 44.8 Å². The summed E-state index contributed by atoms with van der Waals surface area (Å²) in [6.07, 6.45) is 1.69. The molecule has 0 radical (unpaired) electrons. The van der Waals surface area contributed by atoms with Gasteiger partial charge in [0.25, 0.3) is 5.91 Å². The molecule has 3 aromatic rings. The van der Waals surface area contributed by atoms with Gasteiger partial charge in [0.15, 0.2) is 5.69 Å². The number of carbonyl (C=O) groups excluding carboxylic acids is 1. The minimum Gasteiger partial charge on any atom is -0.481 e. The van der Waals surface area contributed by atoms with E-state index in [1.807, 2.05) is 42.5 Å². The van der Waals surface area contributed by atoms with Gasteiger partial charge in [-0.05, 0) is 29.8 Å². The van der Waals surface area contributed by atoms with Crippen LogP contribution in [-0.2, 0) is 4.79 Å². The van der Waals surface area contributed by atoms with Crippen molar-refractivity contribution in [3.8, 4) is 5.69 Å². The first kappa shape index (κ1) is 18.3. The van der Waals surface area contributed by atoms with Gasteiger partial charge >= 0.3 is 5.97 Å². The fourth-order valence-corrected chi connectivity index (χ4v) is 3.80. The van der Waals surface area contributed by atoms with Gasteiger partial charge in [-0.1, -0.05) is 48.0 Å². The Morgan fingerprint density at radius 1 is 1.04 bits per heavy atom. The van der Waals surface area contributed by atoms with E-state index < -0.39 is 11.9 Å². The SMILES string of the molecule is O=C(O)[C@@H]1CN(C(=O)c2ccn(-c3cccc(Cl)c3)n2)C[C@H]1c1ccccc1. The van der Waals surface area contributed by atoms with Crippen LogP contribution in [0.3, 0.4) is 0 Å². The molecular formula is C21H18ClN3O3. The number of carbonyl (C=O) groups is 2. The van der Waals surface area contributed by atoms with Crippen molar-refractivity contribution < 1.29 is 14.7 Å². The summed E-state index contributed by atoms with van der Waals surface area (Å²) in [6, 6.07) is 18.3. The van der Waals surface area contributed by atoms with Crippen LogP contribution in [0.15, 0.2) is 66.9 Å². The summed E-state index contributed by atoms with van der Waals surface area (Å²) in [5.41, 5.74) is 1.95. The Morgan fingerprint density at radius 2 is 1.82 bits per heavy atom. The van der Waals surface area contributed by atoms with E-state index in [0.717, 1.165) is 11.3 Å². The van der Waals surface area contributed by atoms with Gasteiger partial charge in [0.1, 0.15) is 0 Å². The topological polar surface area (TPSA) is 75.4 Å². The molecule has 0 unspecified atom stereocenters. The second-order valence-corrected chi connectivity index (χ2v) is 7.23. The first-order chi connectivity index (χ1) is 13.5. The maximum absolute atomic E-state index is 12.9. The number of likely N-dealkylation sites (tertiary alicyclic amines) is 1. The van der Waals surface area contributed by atoms with Gasteiger partial charge < -0.3 is 10.0 Å². The molecule has 4 rings (SSSR count). The predicted octanol–water partition coefficient (Wildman–Crippen LogP) is 3.47. The minimum absolute atomic E-state index is 0.164. The molecule has 0 aliphatic carbocycles.